The van der Waals surface area contributed by atoms with Crippen LogP contribution in [0.4, 0.5) is 0 Å². The van der Waals surface area contributed by atoms with E-state index < -0.39 is 6.04 Å². The standard InChI is InChI=1S/C8H14N2O2/c9-4-7(10)5-11-6-8-2-1-3-12-8/h7-8H,1-3,5-6,10H2. The lowest BCUT2D eigenvalue weighted by Crippen LogP contribution is -2.26. The fourth-order valence-corrected chi connectivity index (χ4v) is 1.14. The van der Waals surface area contributed by atoms with Crippen LogP contribution in [0.5, 0.6) is 0 Å². The highest BCUT2D eigenvalue weighted by molar-refractivity contribution is 4.85. The van der Waals surface area contributed by atoms with Crippen LogP contribution in [0.3, 0.4) is 0 Å². The van der Waals surface area contributed by atoms with Crippen LogP contribution in [0, 0.1) is 11.3 Å². The maximum absolute atomic E-state index is 8.34. The Morgan fingerprint density at radius 1 is 1.75 bits per heavy atom. The second kappa shape index (κ2) is 5.09. The third-order valence-electron chi connectivity index (χ3n) is 1.79. The SMILES string of the molecule is N#CC(N)COCC1CCCO1. The molecule has 0 aromatic rings. The Kier molecular flexibility index (Phi) is 4.01. The molecule has 0 aromatic heterocycles. The van der Waals surface area contributed by atoms with Crippen LogP contribution in [0.2, 0.25) is 0 Å². The van der Waals surface area contributed by atoms with Crippen LogP contribution in [0.1, 0.15) is 12.8 Å². The van der Waals surface area contributed by atoms with E-state index in [4.69, 9.17) is 20.5 Å². The lowest BCUT2D eigenvalue weighted by atomic mass is 10.2. The van der Waals surface area contributed by atoms with Crippen LogP contribution < -0.4 is 5.73 Å². The molecule has 12 heavy (non-hydrogen) atoms. The Balaban J connectivity index is 1.98. The highest BCUT2D eigenvalue weighted by Gasteiger charge is 2.15. The van der Waals surface area contributed by atoms with Gasteiger partial charge in [0.2, 0.25) is 0 Å². The predicted molar refractivity (Wildman–Crippen MR) is 43.4 cm³/mol. The zero-order chi connectivity index (χ0) is 8.81. The number of nitriles is 1. The second-order valence-electron chi connectivity index (χ2n) is 2.91. The third-order valence-corrected chi connectivity index (χ3v) is 1.79. The zero-order valence-electron chi connectivity index (χ0n) is 7.03. The molecule has 0 aromatic carbocycles. The average Bonchev–Trinajstić information content (AvgIpc) is 2.57. The lowest BCUT2D eigenvalue weighted by Gasteiger charge is -2.10. The first-order valence-electron chi connectivity index (χ1n) is 4.17. The van der Waals surface area contributed by atoms with Gasteiger partial charge in [-0.3, -0.25) is 0 Å². The van der Waals surface area contributed by atoms with E-state index in [1.165, 1.54) is 0 Å². The molecule has 2 atom stereocenters. The van der Waals surface area contributed by atoms with Gasteiger partial charge in [0.1, 0.15) is 6.04 Å². The molecule has 68 valence electrons. The molecule has 1 saturated heterocycles. The van der Waals surface area contributed by atoms with Crippen LogP contribution in [-0.2, 0) is 9.47 Å². The van der Waals surface area contributed by atoms with Gasteiger partial charge in [-0.15, -0.1) is 0 Å². The van der Waals surface area contributed by atoms with Gasteiger partial charge >= 0.3 is 0 Å². The summed E-state index contributed by atoms with van der Waals surface area (Å²) in [6.07, 6.45) is 2.39. The first-order valence-corrected chi connectivity index (χ1v) is 4.17. The Morgan fingerprint density at radius 3 is 3.17 bits per heavy atom. The summed E-state index contributed by atoms with van der Waals surface area (Å²) in [5.74, 6) is 0. The van der Waals surface area contributed by atoms with Gasteiger partial charge in [0, 0.05) is 6.61 Å². The van der Waals surface area contributed by atoms with Crippen molar-refractivity contribution in [2.45, 2.75) is 25.0 Å². The van der Waals surface area contributed by atoms with E-state index in [0.717, 1.165) is 19.4 Å². The molecule has 1 heterocycles. The molecular weight excluding hydrogens is 156 g/mol. The Hall–Kier alpha value is -0.630. The summed E-state index contributed by atoms with van der Waals surface area (Å²) in [5.41, 5.74) is 5.33. The first kappa shape index (κ1) is 9.46. The minimum atomic E-state index is -0.508. The van der Waals surface area contributed by atoms with Crippen LogP contribution in [0.25, 0.3) is 0 Å². The zero-order valence-corrected chi connectivity index (χ0v) is 7.03. The largest absolute Gasteiger partial charge is 0.376 e. The van der Waals surface area contributed by atoms with Crippen LogP contribution in [0.15, 0.2) is 0 Å². The number of ether oxygens (including phenoxy) is 2. The molecule has 1 aliphatic heterocycles. The maximum atomic E-state index is 8.34. The van der Waals surface area contributed by atoms with Crippen LogP contribution in [-0.4, -0.2) is 32.0 Å². The van der Waals surface area contributed by atoms with E-state index >= 15 is 0 Å². The highest BCUT2D eigenvalue weighted by atomic mass is 16.5. The van der Waals surface area contributed by atoms with Gasteiger partial charge in [-0.05, 0) is 12.8 Å². The fourth-order valence-electron chi connectivity index (χ4n) is 1.14. The van der Waals surface area contributed by atoms with Crippen molar-refractivity contribution in [3.8, 4) is 6.07 Å². The Morgan fingerprint density at radius 2 is 2.58 bits per heavy atom. The van der Waals surface area contributed by atoms with E-state index in [1.54, 1.807) is 0 Å². The maximum Gasteiger partial charge on any atom is 0.116 e. The minimum absolute atomic E-state index is 0.218. The molecule has 4 heteroatoms. The number of rotatable bonds is 4. The molecule has 1 aliphatic rings. The normalized spacial score (nSPS) is 25.2. The number of hydrogen-bond donors (Lipinski definition) is 1. The molecule has 1 rings (SSSR count). The smallest absolute Gasteiger partial charge is 0.116 e. The molecular formula is C8H14N2O2. The van der Waals surface area contributed by atoms with E-state index in [0.29, 0.717) is 13.2 Å². The second-order valence-corrected chi connectivity index (χ2v) is 2.91. The quantitative estimate of drug-likeness (QED) is 0.646. The average molecular weight is 170 g/mol. The Bertz CT molecular complexity index is 161. The summed E-state index contributed by atoms with van der Waals surface area (Å²) >= 11 is 0. The van der Waals surface area contributed by atoms with Crippen molar-refractivity contribution in [3.63, 3.8) is 0 Å². The molecule has 2 unspecified atom stereocenters. The minimum Gasteiger partial charge on any atom is -0.376 e. The highest BCUT2D eigenvalue weighted by Crippen LogP contribution is 2.11. The summed E-state index contributed by atoms with van der Waals surface area (Å²) in [6.45, 7) is 1.70. The number of nitrogens with zero attached hydrogens (tertiary/aromatic N) is 1. The van der Waals surface area contributed by atoms with Gasteiger partial charge in [0.05, 0.1) is 25.4 Å². The van der Waals surface area contributed by atoms with E-state index in [-0.39, 0.29) is 6.10 Å². The molecule has 0 bridgehead atoms. The molecule has 0 aliphatic carbocycles. The van der Waals surface area contributed by atoms with Gasteiger partial charge in [0.15, 0.2) is 0 Å². The topological polar surface area (TPSA) is 68.3 Å². The first-order chi connectivity index (χ1) is 5.83. The molecule has 1 fully saturated rings. The van der Waals surface area contributed by atoms with Crippen LogP contribution >= 0.6 is 0 Å². The van der Waals surface area contributed by atoms with Gasteiger partial charge in [-0.2, -0.15) is 5.26 Å². The summed E-state index contributed by atoms with van der Waals surface area (Å²) < 4.78 is 10.5. The van der Waals surface area contributed by atoms with Gasteiger partial charge in [-0.25, -0.2) is 0 Å². The van der Waals surface area contributed by atoms with Crippen molar-refractivity contribution in [2.24, 2.45) is 5.73 Å². The van der Waals surface area contributed by atoms with Crippen molar-refractivity contribution in [1.29, 1.82) is 5.26 Å². The van der Waals surface area contributed by atoms with E-state index in [1.807, 2.05) is 6.07 Å². The third kappa shape index (κ3) is 3.18. The summed E-state index contributed by atoms with van der Waals surface area (Å²) in [7, 11) is 0. The monoisotopic (exact) mass is 170 g/mol. The molecule has 2 N–H and O–H groups in total. The molecule has 0 radical (unpaired) electrons. The van der Waals surface area contributed by atoms with Crippen molar-refractivity contribution >= 4 is 0 Å². The fraction of sp³-hybridized carbons (Fsp3) is 0.875. The van der Waals surface area contributed by atoms with Gasteiger partial charge in [-0.1, -0.05) is 0 Å². The van der Waals surface area contributed by atoms with Crippen molar-refractivity contribution in [2.75, 3.05) is 19.8 Å². The molecule has 0 spiro atoms. The van der Waals surface area contributed by atoms with Gasteiger partial charge < -0.3 is 15.2 Å². The van der Waals surface area contributed by atoms with Crippen molar-refractivity contribution in [3.05, 3.63) is 0 Å². The van der Waals surface area contributed by atoms with Crippen molar-refractivity contribution in [1.82, 2.24) is 0 Å². The summed E-state index contributed by atoms with van der Waals surface area (Å²) in [6, 6.07) is 1.39. The lowest BCUT2D eigenvalue weighted by molar-refractivity contribution is 0.0163. The van der Waals surface area contributed by atoms with Gasteiger partial charge in [0.25, 0.3) is 0 Å². The number of hydrogen-bond acceptors (Lipinski definition) is 4. The van der Waals surface area contributed by atoms with E-state index in [2.05, 4.69) is 0 Å². The molecule has 0 saturated carbocycles. The Labute approximate surface area is 72.2 Å². The summed E-state index contributed by atoms with van der Waals surface area (Å²) in [5, 5.41) is 8.34. The molecule has 4 nitrogen and oxygen atoms in total. The van der Waals surface area contributed by atoms with Crippen molar-refractivity contribution < 1.29 is 9.47 Å². The molecule has 0 amide bonds. The van der Waals surface area contributed by atoms with E-state index in [9.17, 15) is 0 Å². The summed E-state index contributed by atoms with van der Waals surface area (Å²) in [4.78, 5) is 0. The predicted octanol–water partition coefficient (Wildman–Crippen LogP) is 0.0329. The number of nitrogens with two attached hydrogens (primary N) is 1.